The van der Waals surface area contributed by atoms with E-state index in [1.807, 2.05) is 0 Å². The van der Waals surface area contributed by atoms with Gasteiger partial charge in [-0.15, -0.1) is 5.10 Å². The highest BCUT2D eigenvalue weighted by atomic mass is 32.2. The van der Waals surface area contributed by atoms with E-state index in [1.165, 1.54) is 61.0 Å². The van der Waals surface area contributed by atoms with Gasteiger partial charge in [0.15, 0.2) is 0 Å². The van der Waals surface area contributed by atoms with Crippen molar-refractivity contribution in [3.05, 3.63) is 59.7 Å². The lowest BCUT2D eigenvalue weighted by Gasteiger charge is -2.05. The normalized spacial score (nSPS) is 13.3. The maximum atomic E-state index is 12.3. The lowest BCUT2D eigenvalue weighted by Crippen LogP contribution is -2.26. The Morgan fingerprint density at radius 3 is 1.63 bits per heavy atom. The highest BCUT2D eigenvalue weighted by molar-refractivity contribution is 8.00. The number of nitrogens with zero attached hydrogens (tertiary/aromatic N) is 3. The number of hydrazone groups is 1. The van der Waals surface area contributed by atoms with Crippen LogP contribution in [-0.2, 0) is 0 Å². The van der Waals surface area contributed by atoms with Gasteiger partial charge in [-0.3, -0.25) is 0 Å². The summed E-state index contributed by atoms with van der Waals surface area (Å²) < 4.78 is 73.6. The van der Waals surface area contributed by atoms with Crippen molar-refractivity contribution < 1.29 is 26.3 Å². The number of nitrogens with one attached hydrogen (secondary N) is 1. The summed E-state index contributed by atoms with van der Waals surface area (Å²) in [4.78, 5) is 0.0942. The molecule has 0 saturated heterocycles. The number of benzene rings is 2. The van der Waals surface area contributed by atoms with Gasteiger partial charge in [0.1, 0.15) is 0 Å². The third kappa shape index (κ3) is 9.69. The molecule has 3 N–H and O–H groups in total. The maximum absolute atomic E-state index is 12.3. The smallest absolute Gasteiger partial charge is 0.367 e. The van der Waals surface area contributed by atoms with Crippen LogP contribution in [0.25, 0.3) is 0 Å². The fourth-order valence-electron chi connectivity index (χ4n) is 1.86. The summed E-state index contributed by atoms with van der Waals surface area (Å²) >= 11 is -0.439. The molecular weight excluding hydrogens is 452 g/mol. The minimum atomic E-state index is -4.36. The third-order valence-electron chi connectivity index (χ3n) is 2.99. The highest BCUT2D eigenvalue weighted by Crippen LogP contribution is 2.37. The molecule has 13 heteroatoms. The van der Waals surface area contributed by atoms with Crippen LogP contribution in [0.1, 0.15) is 11.1 Å². The van der Waals surface area contributed by atoms with Gasteiger partial charge in [0, 0.05) is 9.79 Å². The zero-order chi connectivity index (χ0) is 22.2. The molecule has 2 aromatic carbocycles. The first kappa shape index (κ1) is 23.6. The average molecular weight is 465 g/mol. The van der Waals surface area contributed by atoms with Gasteiger partial charge in [-0.2, -0.15) is 36.5 Å². The van der Waals surface area contributed by atoms with E-state index in [0.717, 1.165) is 0 Å². The van der Waals surface area contributed by atoms with Crippen LogP contribution in [0.5, 0.6) is 0 Å². The van der Waals surface area contributed by atoms with Crippen LogP contribution in [0.15, 0.2) is 73.6 Å². The molecular formula is C17H13F6N5S2. The second-order valence-electron chi connectivity index (χ2n) is 5.33. The van der Waals surface area contributed by atoms with Gasteiger partial charge in [0.2, 0.25) is 5.96 Å². The minimum Gasteiger partial charge on any atom is -0.367 e. The molecule has 0 aliphatic rings. The molecule has 0 heterocycles. The van der Waals surface area contributed by atoms with Crippen molar-refractivity contribution in [2.24, 2.45) is 21.0 Å². The Morgan fingerprint density at radius 2 is 1.20 bits per heavy atom. The molecule has 30 heavy (non-hydrogen) atoms. The molecule has 2 rings (SSSR count). The van der Waals surface area contributed by atoms with Crippen LogP contribution in [0.3, 0.4) is 0 Å². The van der Waals surface area contributed by atoms with Crippen molar-refractivity contribution in [1.29, 1.82) is 0 Å². The summed E-state index contributed by atoms with van der Waals surface area (Å²) in [7, 11) is 0. The molecule has 160 valence electrons. The molecule has 2 aromatic rings. The Bertz CT molecular complexity index is 906. The standard InChI is InChI=1S/C17H13F6N5S2/c18-16(19,20)29-13-5-1-11(2-6-13)9-25-27-15(24)28-26-10-12-3-7-14(8-4-12)30-17(21,22)23/h1-10H,(H3,24,27,28). The number of hydrogen-bond acceptors (Lipinski definition) is 5. The Hall–Kier alpha value is -2.67. The van der Waals surface area contributed by atoms with Crippen LogP contribution >= 0.6 is 23.5 Å². The topological polar surface area (TPSA) is 75.1 Å². The fraction of sp³-hybridized carbons (Fsp3) is 0.118. The predicted octanol–water partition coefficient (Wildman–Crippen LogP) is 5.18. The summed E-state index contributed by atoms with van der Waals surface area (Å²) in [6.07, 6.45) is 2.61. The molecule has 0 aliphatic heterocycles. The number of thioether (sulfide) groups is 2. The van der Waals surface area contributed by atoms with Crippen LogP contribution in [0.2, 0.25) is 0 Å². The number of guanidine groups is 1. The third-order valence-corrected chi connectivity index (χ3v) is 4.47. The molecule has 0 radical (unpaired) electrons. The minimum absolute atomic E-state index is 0.0451. The van der Waals surface area contributed by atoms with Crippen molar-refractivity contribution in [3.8, 4) is 0 Å². The van der Waals surface area contributed by atoms with E-state index in [4.69, 9.17) is 5.73 Å². The van der Waals surface area contributed by atoms with E-state index in [9.17, 15) is 26.3 Å². The summed E-state index contributed by atoms with van der Waals surface area (Å²) in [6.45, 7) is 0. The van der Waals surface area contributed by atoms with E-state index >= 15 is 0 Å². The summed E-state index contributed by atoms with van der Waals surface area (Å²) in [5, 5.41) is 11.1. The summed E-state index contributed by atoms with van der Waals surface area (Å²) in [5.41, 5.74) is 0.250. The molecule has 0 amide bonds. The van der Waals surface area contributed by atoms with Crippen molar-refractivity contribution in [2.75, 3.05) is 0 Å². The van der Waals surface area contributed by atoms with Gasteiger partial charge < -0.3 is 5.73 Å². The first-order valence-corrected chi connectivity index (χ1v) is 9.51. The zero-order valence-corrected chi connectivity index (χ0v) is 16.4. The maximum Gasteiger partial charge on any atom is 0.446 e. The first-order valence-electron chi connectivity index (χ1n) is 7.87. The Labute approximate surface area is 175 Å². The van der Waals surface area contributed by atoms with Gasteiger partial charge in [-0.25, -0.2) is 5.43 Å². The number of alkyl halides is 6. The van der Waals surface area contributed by atoms with E-state index in [2.05, 4.69) is 20.7 Å². The summed E-state index contributed by atoms with van der Waals surface area (Å²) in [5.74, 6) is -0.170. The molecule has 0 unspecified atom stereocenters. The number of halogens is 6. The Kier molecular flexibility index (Phi) is 8.17. The zero-order valence-electron chi connectivity index (χ0n) is 14.8. The van der Waals surface area contributed by atoms with Crippen LogP contribution < -0.4 is 11.2 Å². The highest BCUT2D eigenvalue weighted by Gasteiger charge is 2.29. The SMILES string of the molecule is N/C(=N/N=Cc1ccc(SC(F)(F)F)cc1)NN=Cc1ccc(SC(F)(F)F)cc1. The van der Waals surface area contributed by atoms with E-state index in [0.29, 0.717) is 11.1 Å². The first-order chi connectivity index (χ1) is 14.0. The largest absolute Gasteiger partial charge is 0.446 e. The van der Waals surface area contributed by atoms with Gasteiger partial charge in [-0.05, 0) is 58.9 Å². The number of nitrogens with two attached hydrogens (primary N) is 1. The average Bonchev–Trinajstić information content (AvgIpc) is 2.62. The Morgan fingerprint density at radius 1 is 0.767 bits per heavy atom. The van der Waals surface area contributed by atoms with Gasteiger partial charge in [-0.1, -0.05) is 24.3 Å². The molecule has 0 atom stereocenters. The van der Waals surface area contributed by atoms with Crippen molar-refractivity contribution in [1.82, 2.24) is 5.43 Å². The monoisotopic (exact) mass is 465 g/mol. The predicted molar refractivity (Wildman–Crippen MR) is 107 cm³/mol. The van der Waals surface area contributed by atoms with Crippen LogP contribution in [0.4, 0.5) is 26.3 Å². The lowest BCUT2D eigenvalue weighted by molar-refractivity contribution is -0.0337. The fourth-order valence-corrected chi connectivity index (χ4v) is 2.94. The van der Waals surface area contributed by atoms with Gasteiger partial charge in [0.25, 0.3) is 0 Å². The number of rotatable bonds is 6. The summed E-state index contributed by atoms with van der Waals surface area (Å²) in [6, 6.07) is 11.0. The van der Waals surface area contributed by atoms with Gasteiger partial charge in [0.05, 0.1) is 12.4 Å². The van der Waals surface area contributed by atoms with E-state index < -0.39 is 11.0 Å². The molecule has 0 fully saturated rings. The van der Waals surface area contributed by atoms with Crippen molar-refractivity contribution in [2.45, 2.75) is 20.8 Å². The second kappa shape index (κ2) is 10.4. The Balaban J connectivity index is 1.85. The molecule has 0 saturated carbocycles. The van der Waals surface area contributed by atoms with Crippen molar-refractivity contribution >= 4 is 41.9 Å². The molecule has 0 bridgehead atoms. The van der Waals surface area contributed by atoms with Gasteiger partial charge >= 0.3 is 11.0 Å². The molecule has 0 aromatic heterocycles. The quantitative estimate of drug-likeness (QED) is 0.203. The molecule has 0 aliphatic carbocycles. The second-order valence-corrected chi connectivity index (χ2v) is 7.61. The van der Waals surface area contributed by atoms with Crippen LogP contribution in [-0.4, -0.2) is 29.4 Å². The lowest BCUT2D eigenvalue weighted by atomic mass is 10.2. The van der Waals surface area contributed by atoms with E-state index in [-0.39, 0.29) is 39.3 Å². The van der Waals surface area contributed by atoms with Crippen molar-refractivity contribution in [3.63, 3.8) is 0 Å². The molecule has 5 nitrogen and oxygen atoms in total. The number of hydrogen-bond donors (Lipinski definition) is 2. The van der Waals surface area contributed by atoms with Crippen LogP contribution in [0, 0.1) is 0 Å². The van der Waals surface area contributed by atoms with E-state index in [1.54, 1.807) is 0 Å². The molecule has 0 spiro atoms.